The highest BCUT2D eigenvalue weighted by molar-refractivity contribution is 7.92. The van der Waals surface area contributed by atoms with E-state index in [4.69, 9.17) is 11.6 Å². The molecule has 0 aliphatic carbocycles. The van der Waals surface area contributed by atoms with Crippen LogP contribution in [0, 0.1) is 6.92 Å². The third kappa shape index (κ3) is 5.93. The second kappa shape index (κ2) is 9.95. The minimum atomic E-state index is -3.79. The van der Waals surface area contributed by atoms with Gasteiger partial charge in [-0.25, -0.2) is 8.42 Å². The Labute approximate surface area is 199 Å². The van der Waals surface area contributed by atoms with Crippen molar-refractivity contribution in [2.24, 2.45) is 0 Å². The van der Waals surface area contributed by atoms with Gasteiger partial charge in [0.1, 0.15) is 0 Å². The van der Waals surface area contributed by atoms with Crippen molar-refractivity contribution in [3.8, 4) is 0 Å². The Morgan fingerprint density at radius 1 is 0.970 bits per heavy atom. The topological polar surface area (TPSA) is 78.5 Å². The van der Waals surface area contributed by atoms with Crippen LogP contribution in [-0.2, 0) is 16.6 Å². The van der Waals surface area contributed by atoms with E-state index >= 15 is 0 Å². The summed E-state index contributed by atoms with van der Waals surface area (Å²) in [7, 11) is -3.79. The van der Waals surface area contributed by atoms with Crippen LogP contribution in [0.1, 0.15) is 34.3 Å². The first kappa shape index (κ1) is 23.3. The molecule has 6 nitrogen and oxygen atoms in total. The molecule has 0 unspecified atom stereocenters. The number of aryl methyl sites for hydroxylation is 1. The number of nitrogens with one attached hydrogen (secondary N) is 2. The van der Waals surface area contributed by atoms with Crippen molar-refractivity contribution in [3.63, 3.8) is 0 Å². The Balaban J connectivity index is 1.39. The number of hydrogen-bond donors (Lipinski definition) is 2. The Hall–Kier alpha value is -2.87. The van der Waals surface area contributed by atoms with Crippen LogP contribution in [0.2, 0.25) is 5.02 Å². The van der Waals surface area contributed by atoms with E-state index in [2.05, 4.69) is 14.9 Å². The molecule has 0 atom stereocenters. The van der Waals surface area contributed by atoms with Crippen LogP contribution < -0.4 is 10.0 Å². The van der Waals surface area contributed by atoms with Crippen molar-refractivity contribution in [1.29, 1.82) is 0 Å². The van der Waals surface area contributed by atoms with Crippen molar-refractivity contribution in [2.45, 2.75) is 31.2 Å². The van der Waals surface area contributed by atoms with E-state index in [1.165, 1.54) is 30.5 Å². The molecule has 0 aromatic heterocycles. The van der Waals surface area contributed by atoms with Crippen LogP contribution >= 0.6 is 11.6 Å². The molecule has 0 saturated carbocycles. The van der Waals surface area contributed by atoms with Gasteiger partial charge in [0, 0.05) is 22.8 Å². The number of carbonyl (C=O) groups is 1. The van der Waals surface area contributed by atoms with Crippen molar-refractivity contribution in [2.75, 3.05) is 23.1 Å². The average molecular weight is 484 g/mol. The fourth-order valence-electron chi connectivity index (χ4n) is 3.79. The monoisotopic (exact) mass is 483 g/mol. The molecular weight excluding hydrogens is 458 g/mol. The molecule has 2 N–H and O–H groups in total. The van der Waals surface area contributed by atoms with Gasteiger partial charge in [0.2, 0.25) is 0 Å². The zero-order valence-corrected chi connectivity index (χ0v) is 19.9. The van der Waals surface area contributed by atoms with Crippen LogP contribution in [-0.4, -0.2) is 32.3 Å². The zero-order valence-electron chi connectivity index (χ0n) is 18.3. The molecule has 33 heavy (non-hydrogen) atoms. The molecule has 8 heteroatoms. The molecule has 0 bridgehead atoms. The first-order chi connectivity index (χ1) is 15.8. The van der Waals surface area contributed by atoms with Crippen LogP contribution in [0.4, 0.5) is 11.4 Å². The van der Waals surface area contributed by atoms with Crippen LogP contribution in [0.25, 0.3) is 0 Å². The molecule has 1 amide bonds. The van der Waals surface area contributed by atoms with E-state index in [0.29, 0.717) is 22.0 Å². The SMILES string of the molecule is Cc1ccc(Cl)cc1NS(=O)(=O)c1ccc(NC(=O)c2ccc(CN3CCCC3)cc2)cc1. The summed E-state index contributed by atoms with van der Waals surface area (Å²) in [6, 6.07) is 18.7. The van der Waals surface area contributed by atoms with Gasteiger partial charge in [0.15, 0.2) is 0 Å². The van der Waals surface area contributed by atoms with Gasteiger partial charge in [0.05, 0.1) is 10.6 Å². The highest BCUT2D eigenvalue weighted by Crippen LogP contribution is 2.24. The number of halogens is 1. The minimum Gasteiger partial charge on any atom is -0.322 e. The lowest BCUT2D eigenvalue weighted by atomic mass is 10.1. The Bertz CT molecular complexity index is 1240. The Morgan fingerprint density at radius 3 is 2.30 bits per heavy atom. The Kier molecular flexibility index (Phi) is 7.02. The van der Waals surface area contributed by atoms with Crippen LogP contribution in [0.3, 0.4) is 0 Å². The Morgan fingerprint density at radius 2 is 1.64 bits per heavy atom. The molecule has 3 aromatic rings. The summed E-state index contributed by atoms with van der Waals surface area (Å²) < 4.78 is 28.0. The number of rotatable bonds is 7. The van der Waals surface area contributed by atoms with E-state index < -0.39 is 10.0 Å². The first-order valence-corrected chi connectivity index (χ1v) is 12.7. The number of hydrogen-bond acceptors (Lipinski definition) is 4. The van der Waals surface area contributed by atoms with E-state index in [-0.39, 0.29) is 10.8 Å². The summed E-state index contributed by atoms with van der Waals surface area (Å²) in [5.41, 5.74) is 3.44. The van der Waals surface area contributed by atoms with Crippen molar-refractivity contribution in [1.82, 2.24) is 4.90 Å². The molecule has 3 aromatic carbocycles. The van der Waals surface area contributed by atoms with Gasteiger partial charge in [-0.05, 0) is 92.5 Å². The van der Waals surface area contributed by atoms with Gasteiger partial charge in [-0.15, -0.1) is 0 Å². The average Bonchev–Trinajstić information content (AvgIpc) is 3.30. The third-order valence-electron chi connectivity index (χ3n) is 5.69. The second-order valence-electron chi connectivity index (χ2n) is 8.22. The highest BCUT2D eigenvalue weighted by Gasteiger charge is 2.16. The minimum absolute atomic E-state index is 0.0890. The maximum atomic E-state index is 12.7. The van der Waals surface area contributed by atoms with Crippen LogP contribution in [0.15, 0.2) is 71.6 Å². The predicted molar refractivity (Wildman–Crippen MR) is 132 cm³/mol. The maximum absolute atomic E-state index is 12.7. The standard InChI is InChI=1S/C25H26ClN3O3S/c1-18-4-9-21(26)16-24(18)28-33(31,32)23-12-10-22(11-13-23)27-25(30)20-7-5-19(6-8-20)17-29-14-2-3-15-29/h4-13,16,28H,2-3,14-15,17H2,1H3,(H,27,30). The summed E-state index contributed by atoms with van der Waals surface area (Å²) in [5.74, 6) is -0.244. The number of amides is 1. The molecule has 0 radical (unpaired) electrons. The molecule has 172 valence electrons. The molecule has 1 aliphatic heterocycles. The second-order valence-corrected chi connectivity index (χ2v) is 10.3. The molecule has 1 heterocycles. The third-order valence-corrected chi connectivity index (χ3v) is 7.30. The number of likely N-dealkylation sites (tertiary alicyclic amines) is 1. The summed E-state index contributed by atoms with van der Waals surface area (Å²) in [5, 5.41) is 3.26. The highest BCUT2D eigenvalue weighted by atomic mass is 35.5. The van der Waals surface area contributed by atoms with Gasteiger partial charge >= 0.3 is 0 Å². The van der Waals surface area contributed by atoms with Crippen molar-refractivity contribution >= 4 is 38.9 Å². The van der Waals surface area contributed by atoms with Gasteiger partial charge < -0.3 is 5.32 Å². The summed E-state index contributed by atoms with van der Waals surface area (Å²) in [6.45, 7) is 4.96. The van der Waals surface area contributed by atoms with E-state index in [9.17, 15) is 13.2 Å². The van der Waals surface area contributed by atoms with Gasteiger partial charge in [-0.3, -0.25) is 14.4 Å². The quantitative estimate of drug-likeness (QED) is 0.478. The lowest BCUT2D eigenvalue weighted by Gasteiger charge is -2.14. The predicted octanol–water partition coefficient (Wildman–Crippen LogP) is 5.30. The fourth-order valence-corrected chi connectivity index (χ4v) is 5.08. The molecular formula is C25H26ClN3O3S. The van der Waals surface area contributed by atoms with Crippen molar-refractivity contribution in [3.05, 3.63) is 88.4 Å². The maximum Gasteiger partial charge on any atom is 0.261 e. The summed E-state index contributed by atoms with van der Waals surface area (Å²) in [6.07, 6.45) is 2.49. The van der Waals surface area contributed by atoms with Crippen molar-refractivity contribution < 1.29 is 13.2 Å². The largest absolute Gasteiger partial charge is 0.322 e. The molecule has 1 saturated heterocycles. The number of sulfonamides is 1. The zero-order chi connectivity index (χ0) is 23.4. The number of carbonyl (C=O) groups excluding carboxylic acids is 1. The van der Waals surface area contributed by atoms with E-state index in [1.807, 2.05) is 24.3 Å². The molecule has 0 spiro atoms. The first-order valence-electron chi connectivity index (χ1n) is 10.8. The molecule has 1 fully saturated rings. The molecule has 4 rings (SSSR count). The van der Waals surface area contributed by atoms with Crippen LogP contribution in [0.5, 0.6) is 0 Å². The summed E-state index contributed by atoms with van der Waals surface area (Å²) >= 11 is 5.98. The fraction of sp³-hybridized carbons (Fsp3) is 0.240. The number of nitrogens with zero attached hydrogens (tertiary/aromatic N) is 1. The molecule has 1 aliphatic rings. The lowest BCUT2D eigenvalue weighted by Crippen LogP contribution is -2.18. The van der Waals surface area contributed by atoms with Gasteiger partial charge in [0.25, 0.3) is 15.9 Å². The number of anilines is 2. The summed E-state index contributed by atoms with van der Waals surface area (Å²) in [4.78, 5) is 15.1. The van der Waals surface area contributed by atoms with Gasteiger partial charge in [-0.2, -0.15) is 0 Å². The van der Waals surface area contributed by atoms with E-state index in [1.54, 1.807) is 37.3 Å². The normalized spacial score (nSPS) is 14.2. The van der Waals surface area contributed by atoms with E-state index in [0.717, 1.165) is 25.2 Å². The number of benzene rings is 3. The smallest absolute Gasteiger partial charge is 0.261 e. The lowest BCUT2D eigenvalue weighted by molar-refractivity contribution is 0.102. The van der Waals surface area contributed by atoms with Gasteiger partial charge in [-0.1, -0.05) is 29.8 Å².